The molecule has 2 heterocycles. The molecule has 5 heteroatoms. The van der Waals surface area contributed by atoms with Gasteiger partial charge < -0.3 is 19.5 Å². The number of ketones is 1. The van der Waals surface area contributed by atoms with Gasteiger partial charge in [0.15, 0.2) is 23.4 Å². The van der Waals surface area contributed by atoms with Crippen LogP contribution < -0.4 is 9.47 Å². The predicted octanol–water partition coefficient (Wildman–Crippen LogP) is 1.05. The quantitative estimate of drug-likeness (QED) is 0.881. The van der Waals surface area contributed by atoms with Gasteiger partial charge in [-0.15, -0.1) is 0 Å². The number of hydrogen-bond acceptors (Lipinski definition) is 5. The van der Waals surface area contributed by atoms with Crippen LogP contribution in [0.15, 0.2) is 12.1 Å². The van der Waals surface area contributed by atoms with Crippen molar-refractivity contribution < 1.29 is 29.0 Å². The first-order chi connectivity index (χ1) is 14.3. The summed E-state index contributed by atoms with van der Waals surface area (Å²) in [5.74, 6) is -1.59. The SMILES string of the molecule is [2H]O[C@@]12CC([2H])([2H])C(=O)C3([2H])Oc4c(OC)c([2H])c([2H])c5c4[C@@]31CCN(C)[C@@H]2C5([2H])[2H]. The minimum absolute atomic E-state index is 0.0193. The number of likely N-dealkylation sites (N-methyl/N-ethyl adjacent to an activating group) is 1. The lowest BCUT2D eigenvalue weighted by atomic mass is 9.49. The Balaban J connectivity index is 2.04. The Hall–Kier alpha value is -1.59. The zero-order chi connectivity index (χ0) is 22.9. The molecule has 0 aromatic heterocycles. The molecule has 1 saturated heterocycles. The average Bonchev–Trinajstić information content (AvgIpc) is 2.94. The van der Waals surface area contributed by atoms with Crippen molar-refractivity contribution in [2.45, 2.75) is 48.7 Å². The second kappa shape index (κ2) is 4.08. The van der Waals surface area contributed by atoms with Crippen LogP contribution in [-0.2, 0) is 16.6 Å². The van der Waals surface area contributed by atoms with Crippen LogP contribution in [-0.4, -0.2) is 55.6 Å². The molecule has 1 N–H and O–H groups in total. The third-order valence-corrected chi connectivity index (χ3v) is 5.65. The number of benzene rings is 1. The number of methoxy groups -OCH3 is 1. The minimum atomic E-state index is -2.63. The zero-order valence-electron chi connectivity index (χ0n) is 20.8. The van der Waals surface area contributed by atoms with Crippen LogP contribution in [0, 0.1) is 0 Å². The summed E-state index contributed by atoms with van der Waals surface area (Å²) in [6, 6.07) is -2.19. The summed E-state index contributed by atoms with van der Waals surface area (Å²) in [6.07, 6.45) is -8.16. The van der Waals surface area contributed by atoms with Crippen molar-refractivity contribution >= 4 is 5.78 Å². The number of Topliss-reactive ketones (excluding diaryl/α,β-unsaturated/α-hetero) is 1. The Morgan fingerprint density at radius 3 is 3.26 bits per heavy atom. The fraction of sp³-hybridized carbons (Fsp3) is 0.611. The molecule has 5 nitrogen and oxygen atoms in total. The van der Waals surface area contributed by atoms with Gasteiger partial charge >= 0.3 is 0 Å². The van der Waals surface area contributed by atoms with Crippen molar-refractivity contribution in [2.75, 3.05) is 20.7 Å². The Morgan fingerprint density at radius 2 is 2.48 bits per heavy atom. The first-order valence-electron chi connectivity index (χ1n) is 11.5. The van der Waals surface area contributed by atoms with E-state index in [0.717, 1.165) is 0 Å². The monoisotopic (exact) mass is 323 g/mol. The number of aliphatic hydroxyl groups is 1. The molecule has 0 amide bonds. The molecule has 5 rings (SSSR count). The first-order valence-corrected chi connectivity index (χ1v) is 7.59. The lowest BCUT2D eigenvalue weighted by Gasteiger charge is -2.62. The van der Waals surface area contributed by atoms with E-state index in [2.05, 4.69) is 0 Å². The van der Waals surface area contributed by atoms with Gasteiger partial charge in [0.05, 0.1) is 22.2 Å². The zero-order valence-corrected chi connectivity index (χ0v) is 12.8. The highest BCUT2D eigenvalue weighted by Crippen LogP contribution is 2.64. The lowest BCUT2D eigenvalue weighted by Crippen LogP contribution is -2.76. The number of nitrogens with zero attached hydrogens (tertiary/aromatic N) is 1. The van der Waals surface area contributed by atoms with Crippen LogP contribution in [0.5, 0.6) is 11.5 Å². The van der Waals surface area contributed by atoms with Gasteiger partial charge in [0.25, 0.3) is 0 Å². The summed E-state index contributed by atoms with van der Waals surface area (Å²) in [6.45, 7) is 0.229. The van der Waals surface area contributed by atoms with E-state index in [1.54, 1.807) is 11.9 Å². The summed E-state index contributed by atoms with van der Waals surface area (Å²) in [5, 5.41) is 5.23. The van der Waals surface area contributed by atoms with Crippen molar-refractivity contribution in [3.63, 3.8) is 0 Å². The van der Waals surface area contributed by atoms with Gasteiger partial charge in [-0.2, -0.15) is 0 Å². The highest BCUT2D eigenvalue weighted by molar-refractivity contribution is 5.90. The number of carbonyl (C=O) groups excluding carboxylic acids is 1. The van der Waals surface area contributed by atoms with Crippen molar-refractivity contribution in [1.82, 2.24) is 4.90 Å². The molecule has 122 valence electrons. The third-order valence-electron chi connectivity index (χ3n) is 5.65. The van der Waals surface area contributed by atoms with E-state index in [9.17, 15) is 4.79 Å². The van der Waals surface area contributed by atoms with Crippen molar-refractivity contribution in [3.05, 3.63) is 23.2 Å². The second-order valence-electron chi connectivity index (χ2n) is 6.55. The first kappa shape index (κ1) is 7.99. The second-order valence-corrected chi connectivity index (χ2v) is 6.55. The van der Waals surface area contributed by atoms with Crippen LogP contribution >= 0.6 is 0 Å². The molecule has 2 bridgehead atoms. The molecule has 1 saturated carbocycles. The van der Waals surface area contributed by atoms with Gasteiger partial charge in [0.1, 0.15) is 0 Å². The molecule has 1 unspecified atom stereocenters. The third kappa shape index (κ3) is 1.32. The van der Waals surface area contributed by atoms with Gasteiger partial charge in [0, 0.05) is 23.5 Å². The highest BCUT2D eigenvalue weighted by Gasteiger charge is 2.72. The van der Waals surface area contributed by atoms with E-state index in [1.165, 1.54) is 7.11 Å². The molecule has 4 atom stereocenters. The number of piperidine rings is 1. The smallest absolute Gasteiger partial charge is 0.211 e. The minimum Gasteiger partial charge on any atom is -0.493 e. The topological polar surface area (TPSA) is 59.0 Å². The summed E-state index contributed by atoms with van der Waals surface area (Å²) in [5.41, 5.74) is -3.87. The fourth-order valence-electron chi connectivity index (χ4n) is 4.58. The van der Waals surface area contributed by atoms with Crippen molar-refractivity contribution in [1.29, 1.82) is 1.43 Å². The van der Waals surface area contributed by atoms with E-state index in [-0.39, 0.29) is 35.6 Å². The van der Waals surface area contributed by atoms with E-state index in [1.807, 2.05) is 0 Å². The van der Waals surface area contributed by atoms with Crippen molar-refractivity contribution in [3.8, 4) is 11.5 Å². The van der Waals surface area contributed by atoms with Gasteiger partial charge in [-0.25, -0.2) is 0 Å². The molecular weight excluding hydrogens is 294 g/mol. The van der Waals surface area contributed by atoms with Crippen LogP contribution in [0.25, 0.3) is 0 Å². The number of carbonyl (C=O) groups is 1. The fourth-order valence-corrected chi connectivity index (χ4v) is 4.58. The molecule has 1 aromatic carbocycles. The van der Waals surface area contributed by atoms with Gasteiger partial charge in [-0.3, -0.25) is 4.79 Å². The summed E-state index contributed by atoms with van der Waals surface area (Å²) >= 11 is 0. The van der Waals surface area contributed by atoms with Crippen LogP contribution in [0.3, 0.4) is 0 Å². The van der Waals surface area contributed by atoms with E-state index >= 15 is 0 Å². The molecule has 23 heavy (non-hydrogen) atoms. The largest absolute Gasteiger partial charge is 0.493 e. The van der Waals surface area contributed by atoms with E-state index < -0.39 is 60.2 Å². The normalized spacial score (nSPS) is 53.1. The van der Waals surface area contributed by atoms with E-state index in [0.29, 0.717) is 0 Å². The Bertz CT molecular complexity index is 1050. The van der Waals surface area contributed by atoms with Crippen LogP contribution in [0.2, 0.25) is 0 Å². The molecular formula is C18H21NO4. The molecule has 2 aliphatic heterocycles. The predicted molar refractivity (Wildman–Crippen MR) is 83.0 cm³/mol. The summed E-state index contributed by atoms with van der Waals surface area (Å²) in [7, 11) is 2.84. The van der Waals surface area contributed by atoms with E-state index in [4.69, 9.17) is 25.6 Å². The Labute approximate surface area is 146 Å². The molecule has 2 fully saturated rings. The van der Waals surface area contributed by atoms with Crippen molar-refractivity contribution in [2.24, 2.45) is 0 Å². The standard InChI is InChI=1S/C18H21NO4/c1-19-8-7-17-14-10-3-4-12(22-2)15(14)23-16(17)11(20)5-6-18(17,21)13(19)9-10/h3-4,13,16,21H,5-9H2,1-2H3/t13-,16?,17+,18-/m1/s1/i3D,4D,5D2,9D2,16D,21D. The molecule has 4 aliphatic rings. The Kier molecular flexibility index (Phi) is 1.42. The molecule has 1 aromatic rings. The molecule has 2 aliphatic carbocycles. The summed E-state index contributed by atoms with van der Waals surface area (Å²) < 4.78 is 79.9. The highest BCUT2D eigenvalue weighted by atomic mass is 16.5. The number of hydrogen-bond donors (Lipinski definition) is 1. The Morgan fingerprint density at radius 1 is 1.61 bits per heavy atom. The molecule has 0 radical (unpaired) electrons. The van der Waals surface area contributed by atoms with Gasteiger partial charge in [-0.05, 0) is 44.4 Å². The lowest BCUT2D eigenvalue weighted by molar-refractivity contribution is -0.185. The van der Waals surface area contributed by atoms with Crippen LogP contribution in [0.1, 0.15) is 39.9 Å². The maximum absolute atomic E-state index is 13.3. The van der Waals surface area contributed by atoms with Gasteiger partial charge in [0.2, 0.25) is 1.43 Å². The summed E-state index contributed by atoms with van der Waals surface area (Å²) in [4.78, 5) is 14.9. The van der Waals surface area contributed by atoms with Gasteiger partial charge in [-0.1, -0.05) is 6.04 Å². The number of likely N-dealkylation sites (tertiary alicyclic amines) is 1. The average molecular weight is 323 g/mol. The number of rotatable bonds is 2. The van der Waals surface area contributed by atoms with Crippen LogP contribution in [0.4, 0.5) is 0 Å². The maximum Gasteiger partial charge on any atom is 0.211 e. The molecule has 1 spiro atoms. The number of ether oxygens (including phenoxy) is 2. The maximum atomic E-state index is 13.3.